The van der Waals surface area contributed by atoms with E-state index in [2.05, 4.69) is 5.32 Å². The second-order valence-electron chi connectivity index (χ2n) is 9.76. The third-order valence-corrected chi connectivity index (χ3v) is 7.57. The maximum Gasteiger partial charge on any atom is 0.416 e. The normalized spacial score (nSPS) is 21.6. The van der Waals surface area contributed by atoms with Crippen LogP contribution in [0.25, 0.3) is 0 Å². The number of alkyl halides is 6. The summed E-state index contributed by atoms with van der Waals surface area (Å²) in [5.41, 5.74) is -3.45. The van der Waals surface area contributed by atoms with Crippen LogP contribution in [0, 0.1) is 5.92 Å². The van der Waals surface area contributed by atoms with E-state index in [1.807, 2.05) is 12.1 Å². The van der Waals surface area contributed by atoms with Gasteiger partial charge in [-0.1, -0.05) is 30.3 Å². The molecular weight excluding hydrogens is 536 g/mol. The smallest absolute Gasteiger partial charge is 0.346 e. The van der Waals surface area contributed by atoms with Gasteiger partial charge >= 0.3 is 12.4 Å². The molecule has 0 radical (unpaired) electrons. The molecule has 1 atom stereocenters. The summed E-state index contributed by atoms with van der Waals surface area (Å²) in [4.78, 5) is 13.3. The second-order valence-corrected chi connectivity index (χ2v) is 11.4. The molecule has 0 heterocycles. The van der Waals surface area contributed by atoms with Crippen LogP contribution in [0.5, 0.6) is 0 Å². The van der Waals surface area contributed by atoms with Crippen LogP contribution in [0.4, 0.5) is 26.3 Å². The standard InChI is InChI=1S/C26H29F6NO4S/c1-17(19-14-21(25(27,28)29)16-22(15-19)26(30,31)32)23(34)33-24(20-6-4-3-5-7-20)11-8-18(9-12-24)10-13-37-38(2,35)36/h3-7,14-18H,8-13H2,1-2H3,(H,33,34)/t17-,18?,24?/m0/s1. The number of rotatable bonds is 8. The Hall–Kier alpha value is -2.60. The average molecular weight is 566 g/mol. The zero-order valence-corrected chi connectivity index (χ0v) is 21.6. The number of carbonyl (C=O) groups excluding carboxylic acids is 1. The summed E-state index contributed by atoms with van der Waals surface area (Å²) in [7, 11) is -3.57. The molecule has 0 bridgehead atoms. The molecule has 1 aliphatic carbocycles. The Morgan fingerprint density at radius 2 is 1.53 bits per heavy atom. The Morgan fingerprint density at radius 3 is 2.00 bits per heavy atom. The Kier molecular flexibility index (Phi) is 8.87. The molecule has 12 heteroatoms. The first kappa shape index (κ1) is 29.9. The minimum Gasteiger partial charge on any atom is -0.346 e. The fourth-order valence-electron chi connectivity index (χ4n) is 4.79. The molecule has 2 aromatic carbocycles. The number of carbonyl (C=O) groups is 1. The number of hydrogen-bond donors (Lipinski definition) is 1. The Morgan fingerprint density at radius 1 is 1.00 bits per heavy atom. The third-order valence-electron chi connectivity index (χ3n) is 6.97. The van der Waals surface area contributed by atoms with E-state index in [0.717, 1.165) is 11.8 Å². The maximum atomic E-state index is 13.3. The summed E-state index contributed by atoms with van der Waals surface area (Å²) in [6.07, 6.45) is -6.45. The fourth-order valence-corrected chi connectivity index (χ4v) is 5.19. The van der Waals surface area contributed by atoms with Crippen molar-refractivity contribution in [3.05, 3.63) is 70.8 Å². The lowest BCUT2D eigenvalue weighted by Crippen LogP contribution is -2.49. The van der Waals surface area contributed by atoms with Crippen molar-refractivity contribution in [3.8, 4) is 0 Å². The topological polar surface area (TPSA) is 72.5 Å². The average Bonchev–Trinajstić information content (AvgIpc) is 2.83. The van der Waals surface area contributed by atoms with Crippen LogP contribution in [0.15, 0.2) is 48.5 Å². The monoisotopic (exact) mass is 565 g/mol. The van der Waals surface area contributed by atoms with Crippen molar-refractivity contribution < 1.29 is 43.7 Å². The quantitative estimate of drug-likeness (QED) is 0.297. The molecule has 0 unspecified atom stereocenters. The van der Waals surface area contributed by atoms with Crippen LogP contribution in [0.1, 0.15) is 67.2 Å². The molecular formula is C26H29F6NO4S. The predicted molar refractivity (Wildman–Crippen MR) is 128 cm³/mol. The van der Waals surface area contributed by atoms with Crippen LogP contribution < -0.4 is 5.32 Å². The first-order valence-electron chi connectivity index (χ1n) is 12.0. The first-order chi connectivity index (χ1) is 17.5. The molecule has 5 nitrogen and oxygen atoms in total. The molecule has 0 saturated heterocycles. The summed E-state index contributed by atoms with van der Waals surface area (Å²) in [6, 6.07) is 10.2. The Labute approximate surface area is 217 Å². The zero-order valence-electron chi connectivity index (χ0n) is 20.8. The van der Waals surface area contributed by atoms with Gasteiger partial charge in [0, 0.05) is 0 Å². The van der Waals surface area contributed by atoms with Gasteiger partial charge in [0.05, 0.1) is 35.4 Å². The highest BCUT2D eigenvalue weighted by Gasteiger charge is 2.41. The molecule has 0 spiro atoms. The number of halogens is 6. The van der Waals surface area contributed by atoms with Crippen molar-refractivity contribution in [1.82, 2.24) is 5.32 Å². The van der Waals surface area contributed by atoms with Gasteiger partial charge in [-0.15, -0.1) is 0 Å². The first-order valence-corrected chi connectivity index (χ1v) is 13.8. The number of amides is 1. The lowest BCUT2D eigenvalue weighted by molar-refractivity contribution is -0.143. The van der Waals surface area contributed by atoms with Gasteiger partial charge in [-0.05, 0) is 74.3 Å². The van der Waals surface area contributed by atoms with Gasteiger partial charge in [-0.2, -0.15) is 34.8 Å². The number of hydrogen-bond acceptors (Lipinski definition) is 4. The summed E-state index contributed by atoms with van der Waals surface area (Å²) in [5.74, 6) is -1.86. The van der Waals surface area contributed by atoms with Gasteiger partial charge < -0.3 is 5.32 Å². The summed E-state index contributed by atoms with van der Waals surface area (Å²) >= 11 is 0. The summed E-state index contributed by atoms with van der Waals surface area (Å²) in [5, 5.41) is 2.94. The van der Waals surface area contributed by atoms with Crippen molar-refractivity contribution in [2.75, 3.05) is 12.9 Å². The zero-order chi connectivity index (χ0) is 28.4. The van der Waals surface area contributed by atoms with Gasteiger partial charge in [0.1, 0.15) is 0 Å². The largest absolute Gasteiger partial charge is 0.416 e. The number of nitrogens with one attached hydrogen (secondary N) is 1. The van der Waals surface area contributed by atoms with Crippen LogP contribution in [0.2, 0.25) is 0 Å². The lowest BCUT2D eigenvalue weighted by atomic mass is 9.71. The van der Waals surface area contributed by atoms with Crippen LogP contribution in [0.3, 0.4) is 0 Å². The molecule has 1 N–H and O–H groups in total. The molecule has 1 amide bonds. The molecule has 0 aliphatic heterocycles. The lowest BCUT2D eigenvalue weighted by Gasteiger charge is -2.42. The van der Waals surface area contributed by atoms with E-state index >= 15 is 0 Å². The van der Waals surface area contributed by atoms with E-state index in [-0.39, 0.29) is 24.2 Å². The van der Waals surface area contributed by atoms with Crippen molar-refractivity contribution in [1.29, 1.82) is 0 Å². The van der Waals surface area contributed by atoms with Crippen molar-refractivity contribution in [2.24, 2.45) is 5.92 Å². The van der Waals surface area contributed by atoms with E-state index in [1.54, 1.807) is 18.2 Å². The summed E-state index contributed by atoms with van der Waals surface area (Å²) in [6.45, 7) is 1.31. The SMILES string of the molecule is C[C@H](C(=O)NC1(c2ccccc2)CCC(CCOS(C)(=O)=O)CC1)c1cc(C(F)(F)F)cc(C(F)(F)F)c1. The van der Waals surface area contributed by atoms with E-state index in [0.29, 0.717) is 44.2 Å². The Bertz CT molecular complexity index is 1190. The maximum absolute atomic E-state index is 13.3. The molecule has 2 aromatic rings. The fraction of sp³-hybridized carbons (Fsp3) is 0.500. The van der Waals surface area contributed by atoms with Crippen LogP contribution in [-0.2, 0) is 37.0 Å². The molecule has 0 aromatic heterocycles. The minimum absolute atomic E-state index is 0.0301. The second kappa shape index (κ2) is 11.3. The van der Waals surface area contributed by atoms with Crippen LogP contribution >= 0.6 is 0 Å². The van der Waals surface area contributed by atoms with Gasteiger partial charge in [0.15, 0.2) is 0 Å². The highest BCUT2D eigenvalue weighted by molar-refractivity contribution is 7.85. The van der Waals surface area contributed by atoms with Gasteiger partial charge in [-0.3, -0.25) is 8.98 Å². The van der Waals surface area contributed by atoms with Gasteiger partial charge in [0.25, 0.3) is 10.1 Å². The highest BCUT2D eigenvalue weighted by Crippen LogP contribution is 2.42. The van der Waals surface area contributed by atoms with Gasteiger partial charge in [0.2, 0.25) is 5.91 Å². The molecule has 3 rings (SSSR count). The third kappa shape index (κ3) is 7.72. The van der Waals surface area contributed by atoms with Crippen LogP contribution in [-0.4, -0.2) is 27.2 Å². The van der Waals surface area contributed by atoms with E-state index < -0.39 is 51.0 Å². The molecule has 1 fully saturated rings. The van der Waals surface area contributed by atoms with E-state index in [4.69, 9.17) is 4.18 Å². The highest BCUT2D eigenvalue weighted by atomic mass is 32.2. The van der Waals surface area contributed by atoms with Crippen molar-refractivity contribution in [3.63, 3.8) is 0 Å². The molecule has 1 saturated carbocycles. The predicted octanol–water partition coefficient (Wildman–Crippen LogP) is 6.40. The van der Waals surface area contributed by atoms with Crippen molar-refractivity contribution in [2.45, 2.75) is 62.8 Å². The Balaban J connectivity index is 1.84. The van der Waals surface area contributed by atoms with E-state index in [1.165, 1.54) is 6.92 Å². The summed E-state index contributed by atoms with van der Waals surface area (Å²) < 4.78 is 107. The van der Waals surface area contributed by atoms with Crippen molar-refractivity contribution >= 4 is 16.0 Å². The number of benzene rings is 2. The molecule has 38 heavy (non-hydrogen) atoms. The molecule has 1 aliphatic rings. The van der Waals surface area contributed by atoms with Gasteiger partial charge in [-0.25, -0.2) is 0 Å². The molecule has 210 valence electrons. The van der Waals surface area contributed by atoms with E-state index in [9.17, 15) is 39.6 Å². The minimum atomic E-state index is -5.02.